The standard InChI is InChI=1S/C14H19N3O2/c1-4-9-14(2,15)13-16-12(17-19-13)10-7-5-6-8-11(10)18-3/h5-8H,4,9,15H2,1-3H3. The normalized spacial score (nSPS) is 14.1. The maximum absolute atomic E-state index is 6.18. The van der Waals surface area contributed by atoms with Crippen molar-refractivity contribution in [2.75, 3.05) is 7.11 Å². The Kier molecular flexibility index (Phi) is 3.85. The van der Waals surface area contributed by atoms with Crippen LogP contribution in [-0.2, 0) is 5.54 Å². The van der Waals surface area contributed by atoms with Crippen LogP contribution in [0.5, 0.6) is 5.75 Å². The Morgan fingerprint density at radius 3 is 2.79 bits per heavy atom. The number of aromatic nitrogens is 2. The Balaban J connectivity index is 2.36. The van der Waals surface area contributed by atoms with E-state index in [2.05, 4.69) is 17.1 Å². The summed E-state index contributed by atoms with van der Waals surface area (Å²) in [7, 11) is 1.62. The van der Waals surface area contributed by atoms with Gasteiger partial charge in [-0.25, -0.2) is 0 Å². The van der Waals surface area contributed by atoms with E-state index >= 15 is 0 Å². The van der Waals surface area contributed by atoms with Crippen LogP contribution in [-0.4, -0.2) is 17.3 Å². The Labute approximate surface area is 112 Å². The van der Waals surface area contributed by atoms with Gasteiger partial charge in [0.05, 0.1) is 18.2 Å². The highest BCUT2D eigenvalue weighted by Gasteiger charge is 2.28. The average molecular weight is 261 g/mol. The molecule has 1 aromatic carbocycles. The molecule has 0 fully saturated rings. The van der Waals surface area contributed by atoms with E-state index in [1.165, 1.54) is 0 Å². The zero-order valence-corrected chi connectivity index (χ0v) is 11.5. The Morgan fingerprint density at radius 2 is 2.11 bits per heavy atom. The predicted octanol–water partition coefficient (Wildman–Crippen LogP) is 2.72. The van der Waals surface area contributed by atoms with Gasteiger partial charge < -0.3 is 15.0 Å². The summed E-state index contributed by atoms with van der Waals surface area (Å²) in [6.07, 6.45) is 1.75. The van der Waals surface area contributed by atoms with E-state index in [0.29, 0.717) is 17.5 Å². The van der Waals surface area contributed by atoms with Gasteiger partial charge in [-0.15, -0.1) is 0 Å². The first-order valence-electron chi connectivity index (χ1n) is 6.35. The molecule has 2 rings (SSSR count). The van der Waals surface area contributed by atoms with E-state index in [9.17, 15) is 0 Å². The van der Waals surface area contributed by atoms with Gasteiger partial charge in [0.15, 0.2) is 0 Å². The lowest BCUT2D eigenvalue weighted by Crippen LogP contribution is -2.33. The summed E-state index contributed by atoms with van der Waals surface area (Å²) in [4.78, 5) is 4.40. The molecule has 0 radical (unpaired) electrons. The summed E-state index contributed by atoms with van der Waals surface area (Å²) in [5.41, 5.74) is 6.39. The van der Waals surface area contributed by atoms with E-state index in [1.807, 2.05) is 31.2 Å². The van der Waals surface area contributed by atoms with Crippen LogP contribution in [0.1, 0.15) is 32.6 Å². The lowest BCUT2D eigenvalue weighted by molar-refractivity contribution is 0.284. The predicted molar refractivity (Wildman–Crippen MR) is 72.7 cm³/mol. The number of hydrogen-bond donors (Lipinski definition) is 1. The Hall–Kier alpha value is -1.88. The largest absolute Gasteiger partial charge is 0.496 e. The topological polar surface area (TPSA) is 74.2 Å². The lowest BCUT2D eigenvalue weighted by atomic mass is 9.98. The second-order valence-corrected chi connectivity index (χ2v) is 4.79. The molecule has 1 aromatic heterocycles. The van der Waals surface area contributed by atoms with Crippen LogP contribution < -0.4 is 10.5 Å². The van der Waals surface area contributed by atoms with E-state index in [4.69, 9.17) is 15.0 Å². The summed E-state index contributed by atoms with van der Waals surface area (Å²) < 4.78 is 10.6. The summed E-state index contributed by atoms with van der Waals surface area (Å²) >= 11 is 0. The van der Waals surface area contributed by atoms with Gasteiger partial charge in [0.25, 0.3) is 0 Å². The number of nitrogens with zero attached hydrogens (tertiary/aromatic N) is 2. The molecule has 2 aromatic rings. The van der Waals surface area contributed by atoms with E-state index in [0.717, 1.165) is 18.4 Å². The van der Waals surface area contributed by atoms with Crippen molar-refractivity contribution in [2.45, 2.75) is 32.2 Å². The minimum absolute atomic E-state index is 0.454. The van der Waals surface area contributed by atoms with Crippen LogP contribution in [0.25, 0.3) is 11.4 Å². The smallest absolute Gasteiger partial charge is 0.246 e. The first-order chi connectivity index (χ1) is 9.08. The fourth-order valence-corrected chi connectivity index (χ4v) is 2.02. The van der Waals surface area contributed by atoms with Gasteiger partial charge in [0.2, 0.25) is 11.7 Å². The summed E-state index contributed by atoms with van der Waals surface area (Å²) in [5.74, 6) is 1.67. The van der Waals surface area contributed by atoms with E-state index < -0.39 is 5.54 Å². The number of methoxy groups -OCH3 is 1. The number of benzene rings is 1. The fraction of sp³-hybridized carbons (Fsp3) is 0.429. The molecule has 1 unspecified atom stereocenters. The van der Waals surface area contributed by atoms with Gasteiger partial charge in [-0.3, -0.25) is 0 Å². The molecule has 0 amide bonds. The molecule has 0 aliphatic carbocycles. The van der Waals surface area contributed by atoms with Crippen LogP contribution >= 0.6 is 0 Å². The third kappa shape index (κ3) is 2.76. The maximum Gasteiger partial charge on any atom is 0.246 e. The minimum atomic E-state index is -0.595. The van der Waals surface area contributed by atoms with Crippen molar-refractivity contribution in [3.63, 3.8) is 0 Å². The SMILES string of the molecule is CCCC(C)(N)c1nc(-c2ccccc2OC)no1. The first kappa shape index (κ1) is 13.5. The van der Waals surface area contributed by atoms with Crippen molar-refractivity contribution < 1.29 is 9.26 Å². The highest BCUT2D eigenvalue weighted by atomic mass is 16.5. The molecule has 5 nitrogen and oxygen atoms in total. The lowest BCUT2D eigenvalue weighted by Gasteiger charge is -2.18. The molecule has 2 N–H and O–H groups in total. The van der Waals surface area contributed by atoms with Crippen molar-refractivity contribution in [3.05, 3.63) is 30.2 Å². The van der Waals surface area contributed by atoms with Crippen LogP contribution in [0.3, 0.4) is 0 Å². The second kappa shape index (κ2) is 5.40. The molecule has 1 atom stereocenters. The van der Waals surface area contributed by atoms with Crippen LogP contribution in [0.4, 0.5) is 0 Å². The quantitative estimate of drug-likeness (QED) is 0.895. The summed E-state index contributed by atoms with van der Waals surface area (Å²) in [5, 5.41) is 4.00. The van der Waals surface area contributed by atoms with Crippen molar-refractivity contribution in [1.29, 1.82) is 0 Å². The van der Waals surface area contributed by atoms with Gasteiger partial charge in [0, 0.05) is 0 Å². The number of para-hydroxylation sites is 1. The summed E-state index contributed by atoms with van der Waals surface area (Å²) in [6, 6.07) is 7.55. The molecule has 0 bridgehead atoms. The fourth-order valence-electron chi connectivity index (χ4n) is 2.02. The Bertz CT molecular complexity index is 549. The van der Waals surface area contributed by atoms with Gasteiger partial charge >= 0.3 is 0 Å². The van der Waals surface area contributed by atoms with Crippen molar-refractivity contribution in [3.8, 4) is 17.1 Å². The molecule has 0 saturated carbocycles. The number of ether oxygens (including phenoxy) is 1. The molecule has 5 heteroatoms. The van der Waals surface area contributed by atoms with Crippen molar-refractivity contribution in [2.24, 2.45) is 5.73 Å². The zero-order valence-electron chi connectivity index (χ0n) is 11.5. The van der Waals surface area contributed by atoms with Crippen LogP contribution in [0.15, 0.2) is 28.8 Å². The molecule has 1 heterocycles. The molecule has 19 heavy (non-hydrogen) atoms. The van der Waals surface area contributed by atoms with Gasteiger partial charge in [-0.2, -0.15) is 4.98 Å². The number of rotatable bonds is 5. The highest BCUT2D eigenvalue weighted by molar-refractivity contribution is 5.63. The second-order valence-electron chi connectivity index (χ2n) is 4.79. The van der Waals surface area contributed by atoms with Crippen molar-refractivity contribution in [1.82, 2.24) is 10.1 Å². The Morgan fingerprint density at radius 1 is 1.37 bits per heavy atom. The van der Waals surface area contributed by atoms with Crippen LogP contribution in [0.2, 0.25) is 0 Å². The average Bonchev–Trinajstić information content (AvgIpc) is 2.89. The zero-order chi connectivity index (χ0) is 13.9. The van der Waals surface area contributed by atoms with Crippen LogP contribution in [0, 0.1) is 0 Å². The molecule has 0 aliphatic heterocycles. The van der Waals surface area contributed by atoms with E-state index in [-0.39, 0.29) is 0 Å². The van der Waals surface area contributed by atoms with Gasteiger partial charge in [0.1, 0.15) is 5.75 Å². The molecular formula is C14H19N3O2. The van der Waals surface area contributed by atoms with Crippen molar-refractivity contribution >= 4 is 0 Å². The molecule has 0 spiro atoms. The van der Waals surface area contributed by atoms with Gasteiger partial charge in [-0.1, -0.05) is 30.6 Å². The first-order valence-corrected chi connectivity index (χ1v) is 6.35. The molecule has 0 aliphatic rings. The van der Waals surface area contributed by atoms with Gasteiger partial charge in [-0.05, 0) is 25.5 Å². The number of nitrogens with two attached hydrogens (primary N) is 1. The third-order valence-corrected chi connectivity index (χ3v) is 3.03. The van der Waals surface area contributed by atoms with E-state index in [1.54, 1.807) is 7.11 Å². The third-order valence-electron chi connectivity index (χ3n) is 3.03. The molecule has 0 saturated heterocycles. The highest BCUT2D eigenvalue weighted by Crippen LogP contribution is 2.29. The maximum atomic E-state index is 6.18. The monoisotopic (exact) mass is 261 g/mol. The number of hydrogen-bond acceptors (Lipinski definition) is 5. The summed E-state index contributed by atoms with van der Waals surface area (Å²) in [6.45, 7) is 3.97. The molecule has 102 valence electrons. The molecular weight excluding hydrogens is 242 g/mol. The minimum Gasteiger partial charge on any atom is -0.496 e.